The Hall–Kier alpha value is -4.85. The van der Waals surface area contributed by atoms with E-state index in [0.29, 0.717) is 37.6 Å². The molecule has 1 N–H and O–H groups in total. The summed E-state index contributed by atoms with van der Waals surface area (Å²) in [6, 6.07) is 11.9. The number of aromatic nitrogens is 4. The predicted octanol–water partition coefficient (Wildman–Crippen LogP) is 3.19. The molecule has 2 aliphatic heterocycles. The van der Waals surface area contributed by atoms with Crippen molar-refractivity contribution in [2.75, 3.05) is 76.4 Å². The summed E-state index contributed by atoms with van der Waals surface area (Å²) in [6.45, 7) is 12.2. The number of amides is 1. The molecule has 0 aliphatic carbocycles. The topological polar surface area (TPSA) is 136 Å². The van der Waals surface area contributed by atoms with E-state index in [1.165, 1.54) is 14.2 Å². The van der Waals surface area contributed by atoms with E-state index in [1.54, 1.807) is 28.4 Å². The lowest BCUT2D eigenvalue weighted by Gasteiger charge is -2.36. The number of carbonyl (C=O) groups excluding carboxylic acids is 3. The smallest absolute Gasteiger partial charge is 0.410 e. The molecule has 0 atom stereocenters. The maximum atomic E-state index is 12.2. The molecule has 0 saturated carbocycles. The quantitative estimate of drug-likeness (QED) is 0.258. The minimum absolute atomic E-state index is 0.273. The van der Waals surface area contributed by atoms with Gasteiger partial charge in [-0.1, -0.05) is 0 Å². The number of nitrogens with one attached hydrogen (secondary N) is 1. The van der Waals surface area contributed by atoms with E-state index in [9.17, 15) is 14.4 Å². The molecule has 47 heavy (non-hydrogen) atoms. The van der Waals surface area contributed by atoms with Crippen LogP contribution in [0.25, 0.3) is 21.8 Å². The lowest BCUT2D eigenvalue weighted by Crippen LogP contribution is -2.50. The van der Waals surface area contributed by atoms with E-state index in [-0.39, 0.29) is 12.1 Å². The monoisotopic (exact) mass is 648 g/mol. The Bertz CT molecular complexity index is 1760. The summed E-state index contributed by atoms with van der Waals surface area (Å²) >= 11 is 0. The molecule has 252 valence electrons. The third kappa shape index (κ3) is 7.43. The molecular formula is C33H44N8O6. The molecule has 2 saturated heterocycles. The fourth-order valence-corrected chi connectivity index (χ4v) is 5.85. The number of rotatable bonds is 4. The largest absolute Gasteiger partial charge is 0.464 e. The predicted molar refractivity (Wildman–Crippen MR) is 179 cm³/mol. The van der Waals surface area contributed by atoms with Gasteiger partial charge in [-0.25, -0.2) is 14.4 Å². The summed E-state index contributed by atoms with van der Waals surface area (Å²) in [5, 5.41) is 13.8. The van der Waals surface area contributed by atoms with Gasteiger partial charge in [0.15, 0.2) is 11.4 Å². The van der Waals surface area contributed by atoms with Gasteiger partial charge in [0, 0.05) is 88.6 Å². The van der Waals surface area contributed by atoms with Crippen molar-refractivity contribution < 1.29 is 28.6 Å². The van der Waals surface area contributed by atoms with Crippen LogP contribution in [0.2, 0.25) is 0 Å². The first-order valence-electron chi connectivity index (χ1n) is 15.7. The van der Waals surface area contributed by atoms with Crippen LogP contribution in [0.15, 0.2) is 36.4 Å². The molecule has 2 aliphatic rings. The number of piperazine rings is 2. The Labute approximate surface area is 274 Å². The van der Waals surface area contributed by atoms with Crippen LogP contribution >= 0.6 is 0 Å². The van der Waals surface area contributed by atoms with Crippen molar-refractivity contribution >= 4 is 51.2 Å². The highest BCUT2D eigenvalue weighted by Gasteiger charge is 2.27. The van der Waals surface area contributed by atoms with Crippen molar-refractivity contribution in [2.24, 2.45) is 14.1 Å². The van der Waals surface area contributed by atoms with Crippen molar-refractivity contribution in [1.29, 1.82) is 0 Å². The van der Waals surface area contributed by atoms with Crippen LogP contribution in [0.3, 0.4) is 0 Å². The van der Waals surface area contributed by atoms with Gasteiger partial charge in [0.05, 0.1) is 25.3 Å². The van der Waals surface area contributed by atoms with E-state index >= 15 is 0 Å². The fraction of sp³-hybridized carbons (Fsp3) is 0.485. The minimum Gasteiger partial charge on any atom is -0.464 e. The normalized spacial score (nSPS) is 15.3. The summed E-state index contributed by atoms with van der Waals surface area (Å²) in [6.07, 6.45) is -0.273. The highest BCUT2D eigenvalue weighted by atomic mass is 16.6. The molecule has 0 bridgehead atoms. The van der Waals surface area contributed by atoms with Crippen LogP contribution in [0.4, 0.5) is 16.2 Å². The Morgan fingerprint density at radius 3 is 1.57 bits per heavy atom. The number of benzene rings is 2. The number of hydrogen-bond donors (Lipinski definition) is 1. The average Bonchev–Trinajstić information content (AvgIpc) is 3.57. The third-order valence-electron chi connectivity index (χ3n) is 8.17. The third-order valence-corrected chi connectivity index (χ3v) is 8.17. The van der Waals surface area contributed by atoms with Crippen molar-refractivity contribution in [3.8, 4) is 0 Å². The van der Waals surface area contributed by atoms with Crippen LogP contribution in [-0.2, 0) is 28.3 Å². The molecule has 4 heterocycles. The molecule has 14 heteroatoms. The molecule has 0 unspecified atom stereocenters. The molecule has 2 fully saturated rings. The van der Waals surface area contributed by atoms with Crippen molar-refractivity contribution in [1.82, 2.24) is 29.8 Å². The summed E-state index contributed by atoms with van der Waals surface area (Å²) in [7, 11) is 6.23. The first-order valence-corrected chi connectivity index (χ1v) is 15.7. The zero-order chi connectivity index (χ0) is 33.9. The standard InChI is InChI=1S/C19H26N4O4.C14H18N4O2/c1-19(2,3)27-18(25)23-10-8-22(9-11-23)13-6-7-14-15(12-13)20-21(4)16(14)17(24)26-5;1-17-13(14(19)20-2)11-4-3-10(9-12(11)16-17)18-7-5-15-6-8-18/h6-7,12H,8-11H2,1-5H3;3-4,9,15H,5-8H2,1-2H3. The van der Waals surface area contributed by atoms with Gasteiger partial charge in [-0.2, -0.15) is 10.2 Å². The molecule has 2 aromatic carbocycles. The van der Waals surface area contributed by atoms with Crippen LogP contribution in [0, 0.1) is 0 Å². The summed E-state index contributed by atoms with van der Waals surface area (Å²) in [4.78, 5) is 42.2. The van der Waals surface area contributed by atoms with Gasteiger partial charge in [-0.05, 0) is 57.2 Å². The number of methoxy groups -OCH3 is 2. The van der Waals surface area contributed by atoms with E-state index in [2.05, 4.69) is 25.3 Å². The van der Waals surface area contributed by atoms with Crippen molar-refractivity contribution in [3.63, 3.8) is 0 Å². The first kappa shape index (κ1) is 33.5. The molecule has 0 spiro atoms. The Balaban J connectivity index is 0.000000193. The molecule has 0 radical (unpaired) electrons. The van der Waals surface area contributed by atoms with E-state index in [1.807, 2.05) is 57.2 Å². The molecular weight excluding hydrogens is 604 g/mol. The van der Waals surface area contributed by atoms with Crippen LogP contribution in [0.1, 0.15) is 41.7 Å². The molecule has 6 rings (SSSR count). The van der Waals surface area contributed by atoms with Gasteiger partial charge < -0.3 is 34.2 Å². The number of carbonyl (C=O) groups is 3. The van der Waals surface area contributed by atoms with E-state index < -0.39 is 11.6 Å². The molecule has 2 aromatic heterocycles. The number of aryl methyl sites for hydroxylation is 2. The Morgan fingerprint density at radius 1 is 0.702 bits per heavy atom. The second kappa shape index (κ2) is 13.9. The van der Waals surface area contributed by atoms with Gasteiger partial charge in [0.1, 0.15) is 5.60 Å². The summed E-state index contributed by atoms with van der Waals surface area (Å²) < 4.78 is 18.2. The highest BCUT2D eigenvalue weighted by molar-refractivity contribution is 6.03. The van der Waals surface area contributed by atoms with E-state index in [4.69, 9.17) is 14.2 Å². The minimum atomic E-state index is -0.490. The first-order chi connectivity index (χ1) is 22.4. The maximum absolute atomic E-state index is 12.2. The van der Waals surface area contributed by atoms with E-state index in [0.717, 1.165) is 59.4 Å². The average molecular weight is 649 g/mol. The SMILES string of the molecule is COC(=O)c1c2ccc(N3CCN(C(=O)OC(C)(C)C)CC3)cc2nn1C.COC(=O)c1c2ccc(N3CCNCC3)cc2nn1C. The van der Waals surface area contributed by atoms with Crippen LogP contribution in [0.5, 0.6) is 0 Å². The van der Waals surface area contributed by atoms with Crippen LogP contribution in [-0.4, -0.2) is 115 Å². The van der Waals surface area contributed by atoms with Crippen molar-refractivity contribution in [3.05, 3.63) is 47.8 Å². The number of esters is 2. The number of nitrogens with zero attached hydrogens (tertiary/aromatic N) is 7. The fourth-order valence-electron chi connectivity index (χ4n) is 5.85. The van der Waals surface area contributed by atoms with Gasteiger partial charge in [-0.3, -0.25) is 9.36 Å². The molecule has 14 nitrogen and oxygen atoms in total. The van der Waals surface area contributed by atoms with Gasteiger partial charge in [-0.15, -0.1) is 0 Å². The Kier molecular flexibility index (Phi) is 9.89. The maximum Gasteiger partial charge on any atom is 0.410 e. The van der Waals surface area contributed by atoms with Gasteiger partial charge >= 0.3 is 18.0 Å². The summed E-state index contributed by atoms with van der Waals surface area (Å²) in [5.41, 5.74) is 4.17. The summed E-state index contributed by atoms with van der Waals surface area (Å²) in [5.74, 6) is -0.761. The second-order valence-corrected chi connectivity index (χ2v) is 12.5. The molecule has 1 amide bonds. The second-order valence-electron chi connectivity index (χ2n) is 12.5. The Morgan fingerprint density at radius 2 is 1.15 bits per heavy atom. The lowest BCUT2D eigenvalue weighted by molar-refractivity contribution is 0.0240. The number of ether oxygens (including phenoxy) is 3. The highest BCUT2D eigenvalue weighted by Crippen LogP contribution is 2.27. The van der Waals surface area contributed by atoms with Gasteiger partial charge in [0.25, 0.3) is 0 Å². The van der Waals surface area contributed by atoms with Crippen molar-refractivity contribution in [2.45, 2.75) is 26.4 Å². The lowest BCUT2D eigenvalue weighted by atomic mass is 10.1. The number of fused-ring (bicyclic) bond motifs is 2. The number of anilines is 2. The van der Waals surface area contributed by atoms with Crippen LogP contribution < -0.4 is 15.1 Å². The van der Waals surface area contributed by atoms with Gasteiger partial charge in [0.2, 0.25) is 0 Å². The zero-order valence-electron chi connectivity index (χ0n) is 28.2. The number of hydrogen-bond acceptors (Lipinski definition) is 11. The zero-order valence-corrected chi connectivity index (χ0v) is 28.2. The molecule has 4 aromatic rings.